The highest BCUT2D eigenvalue weighted by atomic mass is 32.2. The van der Waals surface area contributed by atoms with E-state index in [1.807, 2.05) is 62.4 Å². The fourth-order valence-corrected chi connectivity index (χ4v) is 4.48. The Morgan fingerprint density at radius 1 is 0.909 bits per heavy atom. The molecule has 1 unspecified atom stereocenters. The number of hydrogen-bond donors (Lipinski definition) is 2. The van der Waals surface area contributed by atoms with Gasteiger partial charge in [0.25, 0.3) is 5.91 Å². The van der Waals surface area contributed by atoms with E-state index in [2.05, 4.69) is 10.6 Å². The molecule has 0 spiro atoms. The van der Waals surface area contributed by atoms with Gasteiger partial charge in [-0.05, 0) is 55.8 Å². The number of amides is 2. The molecule has 0 fully saturated rings. The van der Waals surface area contributed by atoms with Crippen LogP contribution >= 0.6 is 11.8 Å². The van der Waals surface area contributed by atoms with Gasteiger partial charge in [-0.25, -0.2) is 0 Å². The van der Waals surface area contributed by atoms with Gasteiger partial charge in [-0.15, -0.1) is 11.8 Å². The van der Waals surface area contributed by atoms with Crippen molar-refractivity contribution in [2.75, 3.05) is 23.8 Å². The predicted molar refractivity (Wildman–Crippen MR) is 132 cm³/mol. The van der Waals surface area contributed by atoms with E-state index >= 15 is 0 Å². The fraction of sp³-hybridized carbons (Fsp3) is 0.231. The number of carbonyl (C=O) groups is 2. The average Bonchev–Trinajstić information content (AvgIpc) is 2.82. The highest BCUT2D eigenvalue weighted by Crippen LogP contribution is 2.33. The van der Waals surface area contributed by atoms with Gasteiger partial charge in [0.15, 0.2) is 11.5 Å². The standard InChI is InChI=1S/C26H26N2O4S/c1-3-24(26(30)28-20-10-11-22-23(16-20)32-13-12-31-22)33-21-9-5-8-19(15-21)27-25(29)18-7-4-6-17(2)14-18/h4-11,14-16,24H,3,12-13H2,1-2H3,(H,27,29)(H,28,30). The van der Waals surface area contributed by atoms with Crippen LogP contribution in [0.4, 0.5) is 11.4 Å². The first-order valence-electron chi connectivity index (χ1n) is 10.9. The van der Waals surface area contributed by atoms with Crippen LogP contribution in [0.3, 0.4) is 0 Å². The van der Waals surface area contributed by atoms with Crippen molar-refractivity contribution in [1.82, 2.24) is 0 Å². The molecule has 0 aliphatic carbocycles. The molecule has 6 nitrogen and oxygen atoms in total. The van der Waals surface area contributed by atoms with Gasteiger partial charge in [0.05, 0.1) is 5.25 Å². The van der Waals surface area contributed by atoms with E-state index in [0.717, 1.165) is 10.5 Å². The molecule has 1 aliphatic heterocycles. The molecule has 0 bridgehead atoms. The Balaban J connectivity index is 1.40. The van der Waals surface area contributed by atoms with Crippen molar-refractivity contribution in [3.8, 4) is 11.5 Å². The summed E-state index contributed by atoms with van der Waals surface area (Å²) in [5, 5.41) is 5.62. The van der Waals surface area contributed by atoms with Crippen molar-refractivity contribution in [2.45, 2.75) is 30.4 Å². The first-order chi connectivity index (χ1) is 16.0. The van der Waals surface area contributed by atoms with Gasteiger partial charge in [0, 0.05) is 27.9 Å². The summed E-state index contributed by atoms with van der Waals surface area (Å²) in [6, 6.07) is 20.4. The molecule has 0 aromatic heterocycles. The predicted octanol–water partition coefficient (Wildman–Crippen LogP) is 5.53. The molecule has 3 aromatic rings. The maximum Gasteiger partial charge on any atom is 0.255 e. The van der Waals surface area contributed by atoms with Crippen LogP contribution in [0.25, 0.3) is 0 Å². The van der Waals surface area contributed by atoms with Crippen LogP contribution in [0.5, 0.6) is 11.5 Å². The number of ether oxygens (including phenoxy) is 2. The molecule has 3 aromatic carbocycles. The summed E-state index contributed by atoms with van der Waals surface area (Å²) in [4.78, 5) is 26.4. The SMILES string of the molecule is CCC(Sc1cccc(NC(=O)c2cccc(C)c2)c1)C(=O)Nc1ccc2c(c1)OCCO2. The van der Waals surface area contributed by atoms with Crippen LogP contribution in [0, 0.1) is 6.92 Å². The number of rotatable bonds is 7. The monoisotopic (exact) mass is 462 g/mol. The third-order valence-corrected chi connectivity index (χ3v) is 6.48. The smallest absolute Gasteiger partial charge is 0.255 e. The number of aryl methyl sites for hydroxylation is 1. The molecule has 2 N–H and O–H groups in total. The zero-order valence-corrected chi connectivity index (χ0v) is 19.4. The van der Waals surface area contributed by atoms with Crippen molar-refractivity contribution < 1.29 is 19.1 Å². The molecule has 4 rings (SSSR count). The van der Waals surface area contributed by atoms with Gasteiger partial charge in [0.2, 0.25) is 5.91 Å². The van der Waals surface area contributed by atoms with Gasteiger partial charge in [-0.1, -0.05) is 30.7 Å². The highest BCUT2D eigenvalue weighted by Gasteiger charge is 2.20. The molecular formula is C26H26N2O4S. The number of anilines is 2. The third-order valence-electron chi connectivity index (χ3n) is 5.12. The van der Waals surface area contributed by atoms with Crippen LogP contribution in [-0.4, -0.2) is 30.3 Å². The minimum atomic E-state index is -0.291. The molecule has 1 heterocycles. The molecular weight excluding hydrogens is 436 g/mol. The van der Waals surface area contributed by atoms with Gasteiger partial charge in [-0.2, -0.15) is 0 Å². The number of nitrogens with one attached hydrogen (secondary N) is 2. The zero-order chi connectivity index (χ0) is 23.2. The summed E-state index contributed by atoms with van der Waals surface area (Å²) >= 11 is 1.47. The largest absolute Gasteiger partial charge is 0.486 e. The lowest BCUT2D eigenvalue weighted by Crippen LogP contribution is -2.24. The highest BCUT2D eigenvalue weighted by molar-refractivity contribution is 8.00. The Hall–Kier alpha value is -3.45. The van der Waals surface area contributed by atoms with Crippen LogP contribution in [-0.2, 0) is 4.79 Å². The number of fused-ring (bicyclic) bond motifs is 1. The summed E-state index contributed by atoms with van der Waals surface area (Å²) in [6.07, 6.45) is 0.654. The normalized spacial score (nSPS) is 13.2. The first kappa shape index (κ1) is 22.7. The number of hydrogen-bond acceptors (Lipinski definition) is 5. The number of carbonyl (C=O) groups excluding carboxylic acids is 2. The summed E-state index contributed by atoms with van der Waals surface area (Å²) in [5.74, 6) is 1.07. The van der Waals surface area contributed by atoms with Crippen molar-refractivity contribution >= 4 is 35.0 Å². The molecule has 1 atom stereocenters. The van der Waals surface area contributed by atoms with Crippen LogP contribution in [0.2, 0.25) is 0 Å². The topological polar surface area (TPSA) is 76.7 Å². The third kappa shape index (κ3) is 5.87. The van der Waals surface area contributed by atoms with Crippen LogP contribution in [0.1, 0.15) is 29.3 Å². The second-order valence-corrected chi connectivity index (χ2v) is 8.99. The van der Waals surface area contributed by atoms with Gasteiger partial charge in [-0.3, -0.25) is 9.59 Å². The van der Waals surface area contributed by atoms with Crippen LogP contribution in [0.15, 0.2) is 71.6 Å². The van der Waals surface area contributed by atoms with E-state index in [-0.39, 0.29) is 17.1 Å². The lowest BCUT2D eigenvalue weighted by Gasteiger charge is -2.20. The quantitative estimate of drug-likeness (QED) is 0.452. The number of benzene rings is 3. The Morgan fingerprint density at radius 3 is 2.45 bits per heavy atom. The second-order valence-electron chi connectivity index (χ2n) is 7.71. The second kappa shape index (κ2) is 10.4. The average molecular weight is 463 g/mol. The summed E-state index contributed by atoms with van der Waals surface area (Å²) < 4.78 is 11.1. The minimum Gasteiger partial charge on any atom is -0.486 e. The zero-order valence-electron chi connectivity index (χ0n) is 18.6. The Bertz CT molecular complexity index is 1160. The number of thioether (sulfide) groups is 1. The Kier molecular flexibility index (Phi) is 7.19. The van der Waals surface area contributed by atoms with E-state index in [9.17, 15) is 9.59 Å². The summed E-state index contributed by atoms with van der Waals surface area (Å²) in [6.45, 7) is 4.95. The summed E-state index contributed by atoms with van der Waals surface area (Å²) in [5.41, 5.74) is 3.00. The lowest BCUT2D eigenvalue weighted by molar-refractivity contribution is -0.115. The van der Waals surface area contributed by atoms with Crippen molar-refractivity contribution in [2.24, 2.45) is 0 Å². The van der Waals surface area contributed by atoms with E-state index in [0.29, 0.717) is 48.1 Å². The first-order valence-corrected chi connectivity index (χ1v) is 11.7. The van der Waals surface area contributed by atoms with Gasteiger partial charge in [0.1, 0.15) is 13.2 Å². The molecule has 2 amide bonds. The summed E-state index contributed by atoms with van der Waals surface area (Å²) in [7, 11) is 0. The van der Waals surface area contributed by atoms with E-state index in [1.54, 1.807) is 18.2 Å². The Labute approximate surface area is 197 Å². The molecule has 1 aliphatic rings. The molecule has 0 saturated heterocycles. The van der Waals surface area contributed by atoms with Crippen molar-refractivity contribution in [3.63, 3.8) is 0 Å². The van der Waals surface area contributed by atoms with Gasteiger partial charge < -0.3 is 20.1 Å². The molecule has 0 saturated carbocycles. The van der Waals surface area contributed by atoms with Crippen LogP contribution < -0.4 is 20.1 Å². The Morgan fingerprint density at radius 2 is 1.67 bits per heavy atom. The minimum absolute atomic E-state index is 0.0895. The lowest BCUT2D eigenvalue weighted by atomic mass is 10.1. The van der Waals surface area contributed by atoms with E-state index < -0.39 is 0 Å². The molecule has 33 heavy (non-hydrogen) atoms. The molecule has 170 valence electrons. The van der Waals surface area contributed by atoms with Crippen molar-refractivity contribution in [1.29, 1.82) is 0 Å². The van der Waals surface area contributed by atoms with E-state index in [4.69, 9.17) is 9.47 Å². The molecule has 0 radical (unpaired) electrons. The molecule has 7 heteroatoms. The van der Waals surface area contributed by atoms with E-state index in [1.165, 1.54) is 11.8 Å². The van der Waals surface area contributed by atoms with Crippen molar-refractivity contribution in [3.05, 3.63) is 77.9 Å². The maximum atomic E-state index is 12.9. The fourth-order valence-electron chi connectivity index (χ4n) is 3.47. The van der Waals surface area contributed by atoms with Gasteiger partial charge >= 0.3 is 0 Å². The maximum absolute atomic E-state index is 12.9.